The molecule has 0 fully saturated rings. The Kier molecular flexibility index (Phi) is 6.36. The van der Waals surface area contributed by atoms with Gasteiger partial charge in [-0.15, -0.1) is 0 Å². The topological polar surface area (TPSA) is 85.4 Å². The van der Waals surface area contributed by atoms with Crippen LogP contribution < -0.4 is 14.7 Å². The standard InChI is InChI=1S/C24H25NO6/c1-28-11-9-25(10-12-29-2)15-19-20(26)8-7-18-23(27)22(31-24(18)19)14-17-13-16-5-3-4-6-21(16)30-17/h3-8,13-14,26H,9-12,15H2,1-2H3/b22-14+. The Balaban J connectivity index is 1.62. The van der Waals surface area contributed by atoms with Crippen molar-refractivity contribution in [3.8, 4) is 11.5 Å². The van der Waals surface area contributed by atoms with E-state index < -0.39 is 0 Å². The van der Waals surface area contributed by atoms with E-state index in [1.54, 1.807) is 20.3 Å². The summed E-state index contributed by atoms with van der Waals surface area (Å²) in [6, 6.07) is 12.4. The molecular formula is C24H25NO6. The van der Waals surface area contributed by atoms with Gasteiger partial charge < -0.3 is 28.6 Å². The number of carbonyl (C=O) groups excluding carboxylic acids is 1. The molecule has 0 saturated carbocycles. The molecule has 0 atom stereocenters. The molecule has 0 amide bonds. The van der Waals surface area contributed by atoms with Crippen molar-refractivity contribution in [3.63, 3.8) is 0 Å². The zero-order valence-electron chi connectivity index (χ0n) is 17.6. The summed E-state index contributed by atoms with van der Waals surface area (Å²) in [6.07, 6.45) is 1.58. The van der Waals surface area contributed by atoms with Gasteiger partial charge in [-0.3, -0.25) is 4.79 Å². The smallest absolute Gasteiger partial charge is 0.232 e. The largest absolute Gasteiger partial charge is 0.872 e. The van der Waals surface area contributed by atoms with Crippen molar-refractivity contribution < 1.29 is 33.4 Å². The lowest BCUT2D eigenvalue weighted by molar-refractivity contribution is -0.914. The van der Waals surface area contributed by atoms with Gasteiger partial charge in [0.2, 0.25) is 5.78 Å². The van der Waals surface area contributed by atoms with Crippen molar-refractivity contribution in [2.45, 2.75) is 6.54 Å². The first-order chi connectivity index (χ1) is 15.1. The molecule has 2 aromatic carbocycles. The fraction of sp³-hybridized carbons (Fsp3) is 0.292. The Morgan fingerprint density at radius 1 is 1.06 bits per heavy atom. The second kappa shape index (κ2) is 9.34. The number of para-hydroxylation sites is 1. The molecule has 0 saturated heterocycles. The molecule has 0 unspecified atom stereocenters. The van der Waals surface area contributed by atoms with Crippen molar-refractivity contribution in [2.24, 2.45) is 0 Å². The normalized spacial score (nSPS) is 14.5. The monoisotopic (exact) mass is 423 g/mol. The molecule has 1 N–H and O–H groups in total. The number of ketones is 1. The summed E-state index contributed by atoms with van der Waals surface area (Å²) in [5.74, 6) is 0.605. The van der Waals surface area contributed by atoms with Crippen molar-refractivity contribution in [1.29, 1.82) is 0 Å². The number of ether oxygens (including phenoxy) is 3. The van der Waals surface area contributed by atoms with E-state index in [1.165, 1.54) is 12.1 Å². The number of Topliss-reactive ketones (excluding diaryl/α,β-unsaturated/α-hetero) is 1. The van der Waals surface area contributed by atoms with Crippen molar-refractivity contribution in [1.82, 2.24) is 0 Å². The average molecular weight is 423 g/mol. The molecule has 0 spiro atoms. The summed E-state index contributed by atoms with van der Waals surface area (Å²) in [4.78, 5) is 14.0. The number of benzene rings is 2. The van der Waals surface area contributed by atoms with Crippen LogP contribution in [0.15, 0.2) is 52.6 Å². The van der Waals surface area contributed by atoms with Crippen LogP contribution in [-0.4, -0.2) is 46.3 Å². The maximum absolute atomic E-state index is 12.9. The first-order valence-corrected chi connectivity index (χ1v) is 10.2. The Hall–Kier alpha value is -3.13. The molecule has 162 valence electrons. The Labute approximate surface area is 180 Å². The molecule has 31 heavy (non-hydrogen) atoms. The third kappa shape index (κ3) is 4.49. The van der Waals surface area contributed by atoms with Gasteiger partial charge in [0, 0.05) is 31.2 Å². The first-order valence-electron chi connectivity index (χ1n) is 10.2. The molecule has 2 heterocycles. The van der Waals surface area contributed by atoms with Gasteiger partial charge in [0.15, 0.2) is 5.76 Å². The van der Waals surface area contributed by atoms with Gasteiger partial charge in [0.05, 0.1) is 18.8 Å². The van der Waals surface area contributed by atoms with E-state index in [0.717, 1.165) is 15.9 Å². The molecule has 1 aliphatic rings. The number of methoxy groups -OCH3 is 2. The fourth-order valence-corrected chi connectivity index (χ4v) is 3.70. The zero-order chi connectivity index (χ0) is 21.8. The minimum Gasteiger partial charge on any atom is -0.872 e. The van der Waals surface area contributed by atoms with Gasteiger partial charge >= 0.3 is 0 Å². The lowest BCUT2D eigenvalue weighted by Gasteiger charge is -2.23. The van der Waals surface area contributed by atoms with E-state index >= 15 is 0 Å². The Bertz CT molecular complexity index is 1080. The van der Waals surface area contributed by atoms with E-state index in [9.17, 15) is 9.90 Å². The minimum atomic E-state index is -0.257. The molecule has 7 nitrogen and oxygen atoms in total. The van der Waals surface area contributed by atoms with E-state index in [2.05, 4.69) is 0 Å². The van der Waals surface area contributed by atoms with Crippen LogP contribution in [0.4, 0.5) is 0 Å². The van der Waals surface area contributed by atoms with Gasteiger partial charge in [-0.25, -0.2) is 0 Å². The van der Waals surface area contributed by atoms with Crippen LogP contribution in [0, 0.1) is 0 Å². The number of fused-ring (bicyclic) bond motifs is 2. The summed E-state index contributed by atoms with van der Waals surface area (Å²) < 4.78 is 22.1. The summed E-state index contributed by atoms with van der Waals surface area (Å²) in [7, 11) is 3.29. The summed E-state index contributed by atoms with van der Waals surface area (Å²) in [5.41, 5.74) is 1.62. The number of furan rings is 1. The second-order valence-corrected chi connectivity index (χ2v) is 7.46. The third-order valence-corrected chi connectivity index (χ3v) is 5.36. The van der Waals surface area contributed by atoms with Gasteiger partial charge in [-0.05, 0) is 18.2 Å². The van der Waals surface area contributed by atoms with Crippen LogP contribution in [0.5, 0.6) is 11.5 Å². The molecule has 1 aliphatic heterocycles. The molecular weight excluding hydrogens is 398 g/mol. The Morgan fingerprint density at radius 2 is 1.81 bits per heavy atom. The summed E-state index contributed by atoms with van der Waals surface area (Å²) in [6.45, 7) is 2.94. The molecule has 3 aromatic rings. The van der Waals surface area contributed by atoms with Crippen LogP contribution in [0.3, 0.4) is 0 Å². The number of quaternary nitrogens is 1. The predicted molar refractivity (Wildman–Crippen MR) is 113 cm³/mol. The van der Waals surface area contributed by atoms with E-state index in [-0.39, 0.29) is 17.3 Å². The van der Waals surface area contributed by atoms with Crippen LogP contribution in [0.1, 0.15) is 21.7 Å². The first kappa shape index (κ1) is 21.1. The number of nitrogens with one attached hydrogen (secondary N) is 1. The van der Waals surface area contributed by atoms with Crippen molar-refractivity contribution in [3.05, 3.63) is 65.1 Å². The number of rotatable bonds is 9. The highest BCUT2D eigenvalue weighted by molar-refractivity contribution is 6.14. The van der Waals surface area contributed by atoms with Gasteiger partial charge in [0.1, 0.15) is 36.7 Å². The second-order valence-electron chi connectivity index (χ2n) is 7.46. The minimum absolute atomic E-state index is 0.149. The lowest BCUT2D eigenvalue weighted by Crippen LogP contribution is -3.11. The van der Waals surface area contributed by atoms with Crippen LogP contribution >= 0.6 is 0 Å². The summed E-state index contributed by atoms with van der Waals surface area (Å²) >= 11 is 0. The number of hydrogen-bond donors (Lipinski definition) is 1. The third-order valence-electron chi connectivity index (χ3n) is 5.36. The number of carbonyl (C=O) groups is 1. The highest BCUT2D eigenvalue weighted by Gasteiger charge is 2.31. The lowest BCUT2D eigenvalue weighted by atomic mass is 10.0. The number of allylic oxidation sites excluding steroid dienone is 1. The molecule has 7 heteroatoms. The van der Waals surface area contributed by atoms with Crippen LogP contribution in [0.2, 0.25) is 0 Å². The highest BCUT2D eigenvalue weighted by atomic mass is 16.5. The van der Waals surface area contributed by atoms with E-state index in [0.29, 0.717) is 55.5 Å². The predicted octanol–water partition coefficient (Wildman–Crippen LogP) is 1.80. The molecule has 1 aromatic heterocycles. The summed E-state index contributed by atoms with van der Waals surface area (Å²) in [5, 5.41) is 13.6. The molecule has 0 bridgehead atoms. The molecule has 0 radical (unpaired) electrons. The number of hydrogen-bond acceptors (Lipinski definition) is 6. The molecule has 4 rings (SSSR count). The van der Waals surface area contributed by atoms with Crippen LogP contribution in [0.25, 0.3) is 17.0 Å². The van der Waals surface area contributed by atoms with Crippen molar-refractivity contribution >= 4 is 22.8 Å². The van der Waals surface area contributed by atoms with Gasteiger partial charge in [0.25, 0.3) is 0 Å². The van der Waals surface area contributed by atoms with Gasteiger partial charge in [-0.2, -0.15) is 0 Å². The Morgan fingerprint density at radius 3 is 2.52 bits per heavy atom. The maximum Gasteiger partial charge on any atom is 0.232 e. The molecule has 0 aliphatic carbocycles. The van der Waals surface area contributed by atoms with E-state index in [4.69, 9.17) is 18.6 Å². The fourth-order valence-electron chi connectivity index (χ4n) is 3.70. The van der Waals surface area contributed by atoms with Crippen LogP contribution in [-0.2, 0) is 16.0 Å². The van der Waals surface area contributed by atoms with E-state index in [1.807, 2.05) is 30.3 Å². The maximum atomic E-state index is 12.9. The zero-order valence-corrected chi connectivity index (χ0v) is 17.6. The van der Waals surface area contributed by atoms with Crippen molar-refractivity contribution in [2.75, 3.05) is 40.5 Å². The quantitative estimate of drug-likeness (QED) is 0.529. The van der Waals surface area contributed by atoms with Gasteiger partial charge in [-0.1, -0.05) is 30.0 Å². The average Bonchev–Trinajstić information content (AvgIpc) is 3.32. The SMILES string of the molecule is COCC[NH+](CCOC)Cc1c([O-])ccc2c1O/C(=C/c1cc3ccccc3o1)C2=O. The highest BCUT2D eigenvalue weighted by Crippen LogP contribution is 2.38.